The Morgan fingerprint density at radius 1 is 1.50 bits per heavy atom. The number of hydrogen-bond donors (Lipinski definition) is 3. The number of rotatable bonds is 5. The van der Waals surface area contributed by atoms with Gasteiger partial charge < -0.3 is 10.1 Å². The van der Waals surface area contributed by atoms with E-state index >= 15 is 0 Å². The first kappa shape index (κ1) is 16.7. The molecule has 0 atom stereocenters. The highest BCUT2D eigenvalue weighted by Gasteiger charge is 2.06. The molecule has 108 valence electrons. The molecule has 0 bridgehead atoms. The zero-order valence-corrected chi connectivity index (χ0v) is 13.6. The van der Waals surface area contributed by atoms with Crippen LogP contribution in [0.25, 0.3) is 0 Å². The van der Waals surface area contributed by atoms with Gasteiger partial charge in [0.2, 0.25) is 0 Å². The summed E-state index contributed by atoms with van der Waals surface area (Å²) in [5, 5.41) is 3.51. The number of amides is 1. The zero-order chi connectivity index (χ0) is 15.0. The van der Waals surface area contributed by atoms with Gasteiger partial charge in [0.15, 0.2) is 11.7 Å². The molecule has 0 fully saturated rings. The molecule has 0 aliphatic carbocycles. The number of benzene rings is 1. The lowest BCUT2D eigenvalue weighted by atomic mass is 10.3. The third-order valence-corrected chi connectivity index (χ3v) is 3.01. The van der Waals surface area contributed by atoms with E-state index in [4.69, 9.17) is 28.6 Å². The van der Waals surface area contributed by atoms with Crippen molar-refractivity contribution >= 4 is 50.8 Å². The highest BCUT2D eigenvalue weighted by molar-refractivity contribution is 9.10. The van der Waals surface area contributed by atoms with Gasteiger partial charge in [0.25, 0.3) is 5.91 Å². The van der Waals surface area contributed by atoms with Crippen LogP contribution < -0.4 is 20.9 Å². The van der Waals surface area contributed by atoms with Gasteiger partial charge in [-0.15, -0.1) is 6.58 Å². The summed E-state index contributed by atoms with van der Waals surface area (Å²) in [6.45, 7) is 3.86. The van der Waals surface area contributed by atoms with Crippen LogP contribution >= 0.6 is 39.7 Å². The summed E-state index contributed by atoms with van der Waals surface area (Å²) in [6, 6.07) is 5.12. The van der Waals surface area contributed by atoms with E-state index in [-0.39, 0.29) is 12.5 Å². The fraction of sp³-hybridized carbons (Fsp3) is 0.167. The molecule has 0 aliphatic heterocycles. The van der Waals surface area contributed by atoms with E-state index < -0.39 is 0 Å². The van der Waals surface area contributed by atoms with Crippen molar-refractivity contribution in [1.82, 2.24) is 16.2 Å². The molecule has 0 saturated carbocycles. The van der Waals surface area contributed by atoms with Crippen LogP contribution in [0.3, 0.4) is 0 Å². The number of ether oxygens (including phenoxy) is 1. The van der Waals surface area contributed by atoms with Crippen molar-refractivity contribution in [3.05, 3.63) is 40.3 Å². The maximum Gasteiger partial charge on any atom is 0.276 e. The third kappa shape index (κ3) is 6.23. The second kappa shape index (κ2) is 8.78. The number of carbonyl (C=O) groups is 1. The summed E-state index contributed by atoms with van der Waals surface area (Å²) in [7, 11) is 0. The zero-order valence-electron chi connectivity index (χ0n) is 10.4. The van der Waals surface area contributed by atoms with Crippen LogP contribution in [0, 0.1) is 0 Å². The van der Waals surface area contributed by atoms with Gasteiger partial charge in [-0.1, -0.05) is 33.6 Å². The normalized spacial score (nSPS) is 9.50. The van der Waals surface area contributed by atoms with Crippen LogP contribution in [0.5, 0.6) is 5.75 Å². The van der Waals surface area contributed by atoms with Crippen molar-refractivity contribution in [1.29, 1.82) is 0 Å². The van der Waals surface area contributed by atoms with Crippen LogP contribution in [-0.4, -0.2) is 24.2 Å². The summed E-state index contributed by atoms with van der Waals surface area (Å²) in [5.74, 6) is 0.0455. The van der Waals surface area contributed by atoms with Crippen molar-refractivity contribution in [2.24, 2.45) is 0 Å². The minimum atomic E-state index is -0.383. The molecular weight excluding hydrogens is 366 g/mol. The number of carbonyl (C=O) groups excluding carboxylic acids is 1. The first-order chi connectivity index (χ1) is 9.52. The van der Waals surface area contributed by atoms with E-state index in [0.29, 0.717) is 22.4 Å². The van der Waals surface area contributed by atoms with E-state index in [9.17, 15) is 4.79 Å². The Hall–Kier alpha value is -1.31. The maximum atomic E-state index is 11.5. The smallest absolute Gasteiger partial charge is 0.276 e. The predicted octanol–water partition coefficient (Wildman–Crippen LogP) is 2.16. The summed E-state index contributed by atoms with van der Waals surface area (Å²) in [6.07, 6.45) is 1.65. The van der Waals surface area contributed by atoms with E-state index in [1.165, 1.54) is 0 Å². The van der Waals surface area contributed by atoms with Crippen LogP contribution in [0.4, 0.5) is 0 Å². The van der Waals surface area contributed by atoms with Crippen LogP contribution in [0.1, 0.15) is 0 Å². The Morgan fingerprint density at radius 3 is 2.90 bits per heavy atom. The van der Waals surface area contributed by atoms with Crippen LogP contribution in [0.15, 0.2) is 35.3 Å². The molecule has 0 spiro atoms. The first-order valence-electron chi connectivity index (χ1n) is 5.54. The van der Waals surface area contributed by atoms with Gasteiger partial charge >= 0.3 is 0 Å². The Labute approximate surface area is 135 Å². The molecule has 8 heteroatoms. The molecular formula is C12H13BrClN3O2S. The maximum absolute atomic E-state index is 11.5. The molecule has 1 rings (SSSR count). The molecule has 0 saturated heterocycles. The van der Waals surface area contributed by atoms with Gasteiger partial charge in [0.1, 0.15) is 5.75 Å². The number of hydrogen-bond acceptors (Lipinski definition) is 3. The first-order valence-corrected chi connectivity index (χ1v) is 7.12. The Kier molecular flexibility index (Phi) is 7.35. The fourth-order valence-corrected chi connectivity index (χ4v) is 1.97. The van der Waals surface area contributed by atoms with Gasteiger partial charge in [0, 0.05) is 11.0 Å². The van der Waals surface area contributed by atoms with E-state index in [0.717, 1.165) is 4.47 Å². The van der Waals surface area contributed by atoms with E-state index in [1.807, 2.05) is 0 Å². The van der Waals surface area contributed by atoms with Gasteiger partial charge in [-0.3, -0.25) is 15.6 Å². The summed E-state index contributed by atoms with van der Waals surface area (Å²) < 4.78 is 6.12. The van der Waals surface area contributed by atoms with E-state index in [1.54, 1.807) is 24.3 Å². The lowest BCUT2D eigenvalue weighted by Gasteiger charge is -2.11. The number of halogens is 2. The number of thiocarbonyl (C=S) groups is 1. The molecule has 20 heavy (non-hydrogen) atoms. The molecule has 5 nitrogen and oxygen atoms in total. The largest absolute Gasteiger partial charge is 0.482 e. The van der Waals surface area contributed by atoms with Crippen LogP contribution in [0.2, 0.25) is 5.02 Å². The molecule has 1 aromatic carbocycles. The van der Waals surface area contributed by atoms with Gasteiger partial charge in [-0.2, -0.15) is 0 Å². The Morgan fingerprint density at radius 2 is 2.25 bits per heavy atom. The topological polar surface area (TPSA) is 62.4 Å². The molecule has 0 aliphatic rings. The number of hydrazine groups is 1. The third-order valence-electron chi connectivity index (χ3n) is 1.98. The van der Waals surface area contributed by atoms with Gasteiger partial charge in [0.05, 0.1) is 5.02 Å². The monoisotopic (exact) mass is 377 g/mol. The minimum Gasteiger partial charge on any atom is -0.482 e. The summed E-state index contributed by atoms with van der Waals surface area (Å²) in [4.78, 5) is 11.5. The molecule has 0 unspecified atom stereocenters. The molecule has 0 heterocycles. The minimum absolute atomic E-state index is 0.182. The van der Waals surface area contributed by atoms with Gasteiger partial charge in [-0.05, 0) is 30.4 Å². The standard InChI is InChI=1S/C12H13BrClN3O2S/c1-2-5-15-12(20)17-16-11(18)7-19-10-4-3-8(13)6-9(10)14/h2-4,6H,1,5,7H2,(H,16,18)(H2,15,17,20). The average Bonchev–Trinajstić information content (AvgIpc) is 2.41. The molecule has 1 amide bonds. The molecule has 0 aromatic heterocycles. The Bertz CT molecular complexity index is 513. The van der Waals surface area contributed by atoms with Crippen molar-refractivity contribution in [3.8, 4) is 5.75 Å². The number of nitrogens with one attached hydrogen (secondary N) is 3. The summed E-state index contributed by atoms with van der Waals surface area (Å²) in [5.41, 5.74) is 4.92. The average molecular weight is 379 g/mol. The predicted molar refractivity (Wildman–Crippen MR) is 86.7 cm³/mol. The second-order valence-corrected chi connectivity index (χ2v) is 5.27. The van der Waals surface area contributed by atoms with Crippen molar-refractivity contribution in [2.75, 3.05) is 13.2 Å². The van der Waals surface area contributed by atoms with Crippen molar-refractivity contribution < 1.29 is 9.53 Å². The van der Waals surface area contributed by atoms with Crippen molar-refractivity contribution in [3.63, 3.8) is 0 Å². The SMILES string of the molecule is C=CCNC(=S)NNC(=O)COc1ccc(Br)cc1Cl. The van der Waals surface area contributed by atoms with Crippen molar-refractivity contribution in [2.45, 2.75) is 0 Å². The van der Waals surface area contributed by atoms with E-state index in [2.05, 4.69) is 38.7 Å². The fourth-order valence-electron chi connectivity index (χ4n) is 1.11. The molecule has 3 N–H and O–H groups in total. The quantitative estimate of drug-likeness (QED) is 0.416. The Balaban J connectivity index is 2.32. The highest BCUT2D eigenvalue weighted by atomic mass is 79.9. The molecule has 1 aromatic rings. The lowest BCUT2D eigenvalue weighted by Crippen LogP contribution is -2.48. The van der Waals surface area contributed by atoms with Crippen LogP contribution in [-0.2, 0) is 4.79 Å². The highest BCUT2D eigenvalue weighted by Crippen LogP contribution is 2.27. The second-order valence-electron chi connectivity index (χ2n) is 3.54. The lowest BCUT2D eigenvalue weighted by molar-refractivity contribution is -0.123. The molecule has 0 radical (unpaired) electrons. The summed E-state index contributed by atoms with van der Waals surface area (Å²) >= 11 is 14.1. The van der Waals surface area contributed by atoms with Gasteiger partial charge in [-0.25, -0.2) is 0 Å².